The molecule has 5 heteroatoms. The number of hydrogen-bond donors (Lipinski definition) is 2. The maximum Gasteiger partial charge on any atom is 0.314 e. The van der Waals surface area contributed by atoms with Gasteiger partial charge in [-0.05, 0) is 67.9 Å². The number of nitrogens with one attached hydrogen (secondary N) is 2. The Balaban J connectivity index is 1.61. The number of rotatable bonds is 3. The monoisotopic (exact) mass is 337 g/mol. The zero-order chi connectivity index (χ0) is 17.8. The van der Waals surface area contributed by atoms with Crippen molar-refractivity contribution in [2.45, 2.75) is 45.6 Å². The van der Waals surface area contributed by atoms with Crippen molar-refractivity contribution in [1.29, 1.82) is 0 Å². The van der Waals surface area contributed by atoms with Crippen molar-refractivity contribution in [3.05, 3.63) is 58.8 Å². The fraction of sp³-hybridized carbons (Fsp3) is 0.350. The Bertz CT molecular complexity index is 784. The number of nitrogens with zero attached hydrogens (tertiary/aromatic N) is 1. The quantitative estimate of drug-likeness (QED) is 0.846. The predicted molar refractivity (Wildman–Crippen MR) is 97.2 cm³/mol. The lowest BCUT2D eigenvalue weighted by Crippen LogP contribution is -2.37. The SMILES string of the molecule is Cc1ccc(NC(=O)C(=O)NC(C)c2ccc3c(c2)CCCC3)nc1. The van der Waals surface area contributed by atoms with Crippen LogP contribution in [0.25, 0.3) is 0 Å². The van der Waals surface area contributed by atoms with Crippen LogP contribution in [0.5, 0.6) is 0 Å². The normalized spacial score (nSPS) is 14.3. The summed E-state index contributed by atoms with van der Waals surface area (Å²) in [5.74, 6) is -0.999. The molecule has 0 bridgehead atoms. The number of benzene rings is 1. The Morgan fingerprint density at radius 2 is 1.80 bits per heavy atom. The van der Waals surface area contributed by atoms with Gasteiger partial charge in [0.1, 0.15) is 5.82 Å². The van der Waals surface area contributed by atoms with Crippen molar-refractivity contribution in [1.82, 2.24) is 10.3 Å². The van der Waals surface area contributed by atoms with Crippen molar-refractivity contribution in [2.24, 2.45) is 0 Å². The number of carbonyl (C=O) groups is 2. The summed E-state index contributed by atoms with van der Waals surface area (Å²) in [7, 11) is 0. The average Bonchev–Trinajstić information content (AvgIpc) is 2.63. The van der Waals surface area contributed by atoms with E-state index in [1.54, 1.807) is 12.3 Å². The first-order valence-electron chi connectivity index (χ1n) is 8.69. The lowest BCUT2D eigenvalue weighted by molar-refractivity contribution is -0.136. The van der Waals surface area contributed by atoms with E-state index in [2.05, 4.69) is 27.8 Å². The van der Waals surface area contributed by atoms with Crippen molar-refractivity contribution in [3.8, 4) is 0 Å². The molecule has 1 atom stereocenters. The maximum atomic E-state index is 12.1. The van der Waals surface area contributed by atoms with Crippen LogP contribution in [0.2, 0.25) is 0 Å². The zero-order valence-electron chi connectivity index (χ0n) is 14.6. The van der Waals surface area contributed by atoms with E-state index in [0.717, 1.165) is 24.0 Å². The minimum Gasteiger partial charge on any atom is -0.341 e. The largest absolute Gasteiger partial charge is 0.341 e. The van der Waals surface area contributed by atoms with Crippen LogP contribution in [0, 0.1) is 6.92 Å². The number of amides is 2. The van der Waals surface area contributed by atoms with E-state index in [1.165, 1.54) is 24.0 Å². The van der Waals surface area contributed by atoms with Crippen LogP contribution < -0.4 is 10.6 Å². The summed E-state index contributed by atoms with van der Waals surface area (Å²) in [5, 5.41) is 5.27. The van der Waals surface area contributed by atoms with E-state index in [1.807, 2.05) is 26.0 Å². The predicted octanol–water partition coefficient (Wildman–Crippen LogP) is 3.08. The second-order valence-corrected chi connectivity index (χ2v) is 6.61. The van der Waals surface area contributed by atoms with E-state index in [-0.39, 0.29) is 6.04 Å². The van der Waals surface area contributed by atoms with E-state index in [0.29, 0.717) is 5.82 Å². The van der Waals surface area contributed by atoms with Crippen LogP contribution in [-0.2, 0) is 22.4 Å². The molecule has 0 spiro atoms. The van der Waals surface area contributed by atoms with Gasteiger partial charge < -0.3 is 10.6 Å². The average molecular weight is 337 g/mol. The molecule has 2 aromatic rings. The molecule has 1 heterocycles. The number of carbonyl (C=O) groups excluding carboxylic acids is 2. The number of fused-ring (bicyclic) bond motifs is 1. The molecule has 0 saturated heterocycles. The summed E-state index contributed by atoms with van der Waals surface area (Å²) >= 11 is 0. The first-order valence-corrected chi connectivity index (χ1v) is 8.69. The van der Waals surface area contributed by atoms with Crippen LogP contribution in [-0.4, -0.2) is 16.8 Å². The third-order valence-corrected chi connectivity index (χ3v) is 4.58. The molecule has 5 nitrogen and oxygen atoms in total. The molecular weight excluding hydrogens is 314 g/mol. The van der Waals surface area contributed by atoms with Gasteiger partial charge in [0.05, 0.1) is 6.04 Å². The number of aromatic nitrogens is 1. The minimum atomic E-state index is -0.707. The Hall–Kier alpha value is -2.69. The van der Waals surface area contributed by atoms with E-state index >= 15 is 0 Å². The topological polar surface area (TPSA) is 71.1 Å². The third kappa shape index (κ3) is 4.24. The van der Waals surface area contributed by atoms with Gasteiger partial charge in [-0.1, -0.05) is 24.3 Å². The first kappa shape index (κ1) is 17.1. The van der Waals surface area contributed by atoms with Gasteiger partial charge in [-0.3, -0.25) is 9.59 Å². The Labute approximate surface area is 147 Å². The molecule has 1 unspecified atom stereocenters. The van der Waals surface area contributed by atoms with E-state index < -0.39 is 11.8 Å². The molecule has 1 aliphatic rings. The highest BCUT2D eigenvalue weighted by atomic mass is 16.2. The highest BCUT2D eigenvalue weighted by molar-refractivity contribution is 6.39. The van der Waals surface area contributed by atoms with Crippen LogP contribution in [0.4, 0.5) is 5.82 Å². The molecule has 0 aliphatic heterocycles. The smallest absolute Gasteiger partial charge is 0.314 e. The first-order chi connectivity index (χ1) is 12.0. The number of aryl methyl sites for hydroxylation is 3. The van der Waals surface area contributed by atoms with Gasteiger partial charge in [-0.25, -0.2) is 4.98 Å². The van der Waals surface area contributed by atoms with Crippen LogP contribution in [0.15, 0.2) is 36.5 Å². The summed E-state index contributed by atoms with van der Waals surface area (Å²) in [6.07, 6.45) is 6.31. The molecule has 2 N–H and O–H groups in total. The number of hydrogen-bond acceptors (Lipinski definition) is 3. The molecule has 1 aromatic carbocycles. The molecule has 0 radical (unpaired) electrons. The van der Waals surface area contributed by atoms with E-state index in [4.69, 9.17) is 0 Å². The van der Waals surface area contributed by atoms with Crippen LogP contribution in [0.1, 0.15) is 48.1 Å². The molecular formula is C20H23N3O2. The molecule has 0 saturated carbocycles. The molecule has 1 aromatic heterocycles. The fourth-order valence-corrected chi connectivity index (χ4v) is 3.08. The molecule has 1 aliphatic carbocycles. The van der Waals surface area contributed by atoms with Gasteiger partial charge in [-0.2, -0.15) is 0 Å². The van der Waals surface area contributed by atoms with E-state index in [9.17, 15) is 9.59 Å². The zero-order valence-corrected chi connectivity index (χ0v) is 14.6. The Kier molecular flexibility index (Phi) is 5.12. The summed E-state index contributed by atoms with van der Waals surface area (Å²) in [6, 6.07) is 9.61. The van der Waals surface area contributed by atoms with Crippen molar-refractivity contribution in [3.63, 3.8) is 0 Å². The van der Waals surface area contributed by atoms with Gasteiger partial charge in [0, 0.05) is 6.20 Å². The number of pyridine rings is 1. The molecule has 25 heavy (non-hydrogen) atoms. The van der Waals surface area contributed by atoms with Gasteiger partial charge in [0.2, 0.25) is 0 Å². The maximum absolute atomic E-state index is 12.1. The van der Waals surface area contributed by atoms with Crippen molar-refractivity contribution < 1.29 is 9.59 Å². The summed E-state index contributed by atoms with van der Waals surface area (Å²) in [4.78, 5) is 28.2. The lowest BCUT2D eigenvalue weighted by atomic mass is 9.89. The fourth-order valence-electron chi connectivity index (χ4n) is 3.08. The molecule has 3 rings (SSSR count). The highest BCUT2D eigenvalue weighted by Gasteiger charge is 2.19. The standard InChI is InChI=1S/C20H23N3O2/c1-13-7-10-18(21-12-13)23-20(25)19(24)22-14(2)16-9-8-15-5-3-4-6-17(15)11-16/h7-12,14H,3-6H2,1-2H3,(H,22,24)(H,21,23,25). The van der Waals surface area contributed by atoms with Crippen molar-refractivity contribution in [2.75, 3.05) is 5.32 Å². The van der Waals surface area contributed by atoms with Gasteiger partial charge in [-0.15, -0.1) is 0 Å². The Morgan fingerprint density at radius 3 is 2.52 bits per heavy atom. The lowest BCUT2D eigenvalue weighted by Gasteiger charge is -2.20. The van der Waals surface area contributed by atoms with Crippen LogP contribution in [0.3, 0.4) is 0 Å². The Morgan fingerprint density at radius 1 is 1.04 bits per heavy atom. The van der Waals surface area contributed by atoms with Crippen LogP contribution >= 0.6 is 0 Å². The summed E-state index contributed by atoms with van der Waals surface area (Å²) in [5.41, 5.74) is 4.77. The second-order valence-electron chi connectivity index (χ2n) is 6.61. The summed E-state index contributed by atoms with van der Waals surface area (Å²) < 4.78 is 0. The van der Waals surface area contributed by atoms with Gasteiger partial charge >= 0.3 is 11.8 Å². The highest BCUT2D eigenvalue weighted by Crippen LogP contribution is 2.24. The third-order valence-electron chi connectivity index (χ3n) is 4.58. The second kappa shape index (κ2) is 7.47. The number of anilines is 1. The molecule has 2 amide bonds. The molecule has 0 fully saturated rings. The van der Waals surface area contributed by atoms with Gasteiger partial charge in [0.25, 0.3) is 0 Å². The van der Waals surface area contributed by atoms with Crippen molar-refractivity contribution >= 4 is 17.6 Å². The summed E-state index contributed by atoms with van der Waals surface area (Å²) in [6.45, 7) is 3.80. The minimum absolute atomic E-state index is 0.226. The molecule has 130 valence electrons. The van der Waals surface area contributed by atoms with Gasteiger partial charge in [0.15, 0.2) is 0 Å².